The maximum absolute atomic E-state index is 12.3. The summed E-state index contributed by atoms with van der Waals surface area (Å²) in [6.07, 6.45) is 5.45. The van der Waals surface area contributed by atoms with Gasteiger partial charge in [0.15, 0.2) is 0 Å². The molecule has 1 saturated carbocycles. The van der Waals surface area contributed by atoms with E-state index in [4.69, 9.17) is 4.74 Å². The van der Waals surface area contributed by atoms with E-state index >= 15 is 0 Å². The van der Waals surface area contributed by atoms with Gasteiger partial charge in [0.25, 0.3) is 0 Å². The standard InChI is InChI=1S/C18H27NO2/c1-2-7-17(16-8-4-3-5-9-16)18(20)19-12-6-13-21-14-15-10-11-15/h3-5,8-9,15,17H,2,6-7,10-14H2,1H3,(H,19,20). The summed E-state index contributed by atoms with van der Waals surface area (Å²) < 4.78 is 5.58. The van der Waals surface area contributed by atoms with E-state index in [1.54, 1.807) is 0 Å². The first-order valence-corrected chi connectivity index (χ1v) is 8.21. The molecule has 0 radical (unpaired) electrons. The van der Waals surface area contributed by atoms with Crippen molar-refractivity contribution in [2.75, 3.05) is 19.8 Å². The highest BCUT2D eigenvalue weighted by Gasteiger charge is 2.21. The molecule has 1 amide bonds. The molecule has 1 aromatic rings. The van der Waals surface area contributed by atoms with Crippen molar-refractivity contribution in [3.05, 3.63) is 35.9 Å². The van der Waals surface area contributed by atoms with Crippen LogP contribution < -0.4 is 5.32 Å². The molecule has 1 aromatic carbocycles. The first kappa shape index (κ1) is 16.0. The third kappa shape index (κ3) is 5.88. The summed E-state index contributed by atoms with van der Waals surface area (Å²) >= 11 is 0. The molecule has 1 unspecified atom stereocenters. The minimum atomic E-state index is -0.0245. The van der Waals surface area contributed by atoms with Crippen LogP contribution in [0.3, 0.4) is 0 Å². The van der Waals surface area contributed by atoms with Gasteiger partial charge in [-0.1, -0.05) is 43.7 Å². The molecule has 116 valence electrons. The van der Waals surface area contributed by atoms with Crippen LogP contribution in [0.15, 0.2) is 30.3 Å². The Hall–Kier alpha value is -1.35. The number of hydrogen-bond donors (Lipinski definition) is 1. The second-order valence-electron chi connectivity index (χ2n) is 5.91. The fraction of sp³-hybridized carbons (Fsp3) is 0.611. The monoisotopic (exact) mass is 289 g/mol. The first-order valence-electron chi connectivity index (χ1n) is 8.21. The van der Waals surface area contributed by atoms with Gasteiger partial charge in [0.2, 0.25) is 5.91 Å². The predicted octanol–water partition coefficient (Wildman–Crippen LogP) is 3.50. The van der Waals surface area contributed by atoms with Crippen LogP contribution in [0, 0.1) is 5.92 Å². The van der Waals surface area contributed by atoms with Gasteiger partial charge in [-0.3, -0.25) is 4.79 Å². The highest BCUT2D eigenvalue weighted by Crippen LogP contribution is 2.28. The van der Waals surface area contributed by atoms with E-state index in [9.17, 15) is 4.79 Å². The van der Waals surface area contributed by atoms with Crippen LogP contribution in [0.2, 0.25) is 0 Å². The molecule has 0 saturated heterocycles. The maximum Gasteiger partial charge on any atom is 0.227 e. The molecule has 2 rings (SSSR count). The van der Waals surface area contributed by atoms with Crippen molar-refractivity contribution in [2.24, 2.45) is 5.92 Å². The van der Waals surface area contributed by atoms with E-state index in [0.717, 1.165) is 44.0 Å². The second-order valence-corrected chi connectivity index (χ2v) is 5.91. The van der Waals surface area contributed by atoms with Crippen LogP contribution in [0.25, 0.3) is 0 Å². The zero-order valence-electron chi connectivity index (χ0n) is 13.0. The fourth-order valence-electron chi connectivity index (χ4n) is 2.47. The minimum absolute atomic E-state index is 0.0245. The lowest BCUT2D eigenvalue weighted by molar-refractivity contribution is -0.122. The van der Waals surface area contributed by atoms with Gasteiger partial charge in [0, 0.05) is 19.8 Å². The van der Waals surface area contributed by atoms with Crippen molar-refractivity contribution in [2.45, 2.75) is 44.9 Å². The average Bonchev–Trinajstić information content (AvgIpc) is 3.33. The highest BCUT2D eigenvalue weighted by atomic mass is 16.5. The molecule has 0 aromatic heterocycles. The number of nitrogens with one attached hydrogen (secondary N) is 1. The summed E-state index contributed by atoms with van der Waals surface area (Å²) in [6, 6.07) is 10.1. The average molecular weight is 289 g/mol. The van der Waals surface area contributed by atoms with Crippen molar-refractivity contribution in [1.82, 2.24) is 5.32 Å². The minimum Gasteiger partial charge on any atom is -0.381 e. The smallest absolute Gasteiger partial charge is 0.227 e. The molecular formula is C18H27NO2. The number of carbonyl (C=O) groups is 1. The van der Waals surface area contributed by atoms with Crippen LogP contribution in [0.5, 0.6) is 0 Å². The van der Waals surface area contributed by atoms with Crippen LogP contribution >= 0.6 is 0 Å². The summed E-state index contributed by atoms with van der Waals surface area (Å²) in [6.45, 7) is 4.47. The van der Waals surface area contributed by atoms with Crippen molar-refractivity contribution < 1.29 is 9.53 Å². The van der Waals surface area contributed by atoms with Crippen molar-refractivity contribution in [3.8, 4) is 0 Å². The van der Waals surface area contributed by atoms with Gasteiger partial charge in [-0.2, -0.15) is 0 Å². The highest BCUT2D eigenvalue weighted by molar-refractivity contribution is 5.83. The van der Waals surface area contributed by atoms with Gasteiger partial charge >= 0.3 is 0 Å². The van der Waals surface area contributed by atoms with Gasteiger partial charge in [-0.25, -0.2) is 0 Å². The lowest BCUT2D eigenvalue weighted by Crippen LogP contribution is -2.30. The van der Waals surface area contributed by atoms with Crippen LogP contribution in [-0.4, -0.2) is 25.7 Å². The zero-order chi connectivity index (χ0) is 14.9. The normalized spacial score (nSPS) is 15.7. The van der Waals surface area contributed by atoms with Crippen molar-refractivity contribution >= 4 is 5.91 Å². The Labute approximate surface area is 128 Å². The number of rotatable bonds is 10. The SMILES string of the molecule is CCCC(C(=O)NCCCOCC1CC1)c1ccccc1. The Morgan fingerprint density at radius 3 is 2.76 bits per heavy atom. The third-order valence-electron chi connectivity index (χ3n) is 3.91. The predicted molar refractivity (Wildman–Crippen MR) is 85.3 cm³/mol. The van der Waals surface area contributed by atoms with E-state index < -0.39 is 0 Å². The number of amides is 1. The summed E-state index contributed by atoms with van der Waals surface area (Å²) in [5, 5.41) is 3.05. The lowest BCUT2D eigenvalue weighted by Gasteiger charge is -2.16. The molecule has 0 heterocycles. The van der Waals surface area contributed by atoms with Gasteiger partial charge in [-0.15, -0.1) is 0 Å². The number of ether oxygens (including phenoxy) is 1. The Bertz CT molecular complexity index is 414. The van der Waals surface area contributed by atoms with Crippen LogP contribution in [-0.2, 0) is 9.53 Å². The lowest BCUT2D eigenvalue weighted by atomic mass is 9.93. The third-order valence-corrected chi connectivity index (χ3v) is 3.91. The molecule has 1 aliphatic carbocycles. The fourth-order valence-corrected chi connectivity index (χ4v) is 2.47. The Kier molecular flexibility index (Phi) is 6.74. The van der Waals surface area contributed by atoms with E-state index in [-0.39, 0.29) is 11.8 Å². The largest absolute Gasteiger partial charge is 0.381 e. The van der Waals surface area contributed by atoms with Gasteiger partial charge in [0.05, 0.1) is 5.92 Å². The molecule has 3 nitrogen and oxygen atoms in total. The number of hydrogen-bond acceptors (Lipinski definition) is 2. The van der Waals surface area contributed by atoms with E-state index in [2.05, 4.69) is 12.2 Å². The summed E-state index contributed by atoms with van der Waals surface area (Å²) in [5.74, 6) is 0.931. The maximum atomic E-state index is 12.3. The molecule has 1 fully saturated rings. The van der Waals surface area contributed by atoms with Gasteiger partial charge in [0.1, 0.15) is 0 Å². The van der Waals surface area contributed by atoms with Crippen molar-refractivity contribution in [3.63, 3.8) is 0 Å². The van der Waals surface area contributed by atoms with Gasteiger partial charge in [-0.05, 0) is 37.2 Å². The molecule has 21 heavy (non-hydrogen) atoms. The summed E-state index contributed by atoms with van der Waals surface area (Å²) in [7, 11) is 0. The van der Waals surface area contributed by atoms with E-state index in [1.165, 1.54) is 12.8 Å². The molecule has 0 bridgehead atoms. The molecular weight excluding hydrogens is 262 g/mol. The van der Waals surface area contributed by atoms with Gasteiger partial charge < -0.3 is 10.1 Å². The Balaban J connectivity index is 1.68. The molecule has 0 spiro atoms. The zero-order valence-corrected chi connectivity index (χ0v) is 13.0. The molecule has 1 N–H and O–H groups in total. The van der Waals surface area contributed by atoms with E-state index in [0.29, 0.717) is 6.54 Å². The molecule has 0 aliphatic heterocycles. The quantitative estimate of drug-likeness (QED) is 0.669. The molecule has 1 atom stereocenters. The van der Waals surface area contributed by atoms with Crippen LogP contribution in [0.1, 0.15) is 50.5 Å². The number of benzene rings is 1. The van der Waals surface area contributed by atoms with Crippen LogP contribution in [0.4, 0.5) is 0 Å². The summed E-state index contributed by atoms with van der Waals surface area (Å²) in [5.41, 5.74) is 1.11. The Morgan fingerprint density at radius 1 is 1.33 bits per heavy atom. The Morgan fingerprint density at radius 2 is 2.10 bits per heavy atom. The topological polar surface area (TPSA) is 38.3 Å². The molecule has 3 heteroatoms. The summed E-state index contributed by atoms with van der Waals surface area (Å²) in [4.78, 5) is 12.3. The number of carbonyl (C=O) groups excluding carboxylic acids is 1. The molecule has 1 aliphatic rings. The van der Waals surface area contributed by atoms with Crippen molar-refractivity contribution in [1.29, 1.82) is 0 Å². The second kappa shape index (κ2) is 8.83. The first-order chi connectivity index (χ1) is 10.3. The van der Waals surface area contributed by atoms with E-state index in [1.807, 2.05) is 30.3 Å².